The minimum atomic E-state index is -0.539. The molecule has 7 rings (SSSR count). The van der Waals surface area contributed by atoms with Crippen molar-refractivity contribution in [1.82, 2.24) is 19.6 Å². The predicted molar refractivity (Wildman–Crippen MR) is 229 cm³/mol. The Balaban J connectivity index is 1.14. The highest BCUT2D eigenvalue weighted by Gasteiger charge is 2.49. The normalized spacial score (nSPS) is 20.0. The molecule has 2 heterocycles. The standard InChI is InChI=1S/C48H56N4O6/c1-55-41-20-19-37(31-42(41)56-2)46-39-33-44(58-4)43(57-3)32-38(39)40(34-45(53)51-27-23-49(24-28-51)21-11-17-35-13-7-5-8-14-35)47(46)48(54)52-29-25-50(26-30-52)22-12-18-36-15-9-6-10-16-36/h5-20,31-33,40,46-47H,21-30,34H2,1-4H3/b17-11+,18-12+. The molecule has 0 saturated carbocycles. The van der Waals surface area contributed by atoms with E-state index in [4.69, 9.17) is 18.9 Å². The van der Waals surface area contributed by atoms with Crippen molar-refractivity contribution < 1.29 is 28.5 Å². The van der Waals surface area contributed by atoms with E-state index in [-0.39, 0.29) is 30.1 Å². The lowest BCUT2D eigenvalue weighted by molar-refractivity contribution is -0.139. The first kappa shape index (κ1) is 40.6. The summed E-state index contributed by atoms with van der Waals surface area (Å²) in [6.07, 6.45) is 8.88. The van der Waals surface area contributed by atoms with Gasteiger partial charge >= 0.3 is 0 Å². The molecule has 2 saturated heterocycles. The molecule has 2 amide bonds. The number of hydrogen-bond donors (Lipinski definition) is 0. The maximum atomic E-state index is 15.2. The zero-order chi connectivity index (χ0) is 40.4. The van der Waals surface area contributed by atoms with Gasteiger partial charge in [0, 0.05) is 83.7 Å². The minimum Gasteiger partial charge on any atom is -0.493 e. The number of carbonyl (C=O) groups excluding carboxylic acids is 2. The lowest BCUT2D eigenvalue weighted by Crippen LogP contribution is -2.51. The number of nitrogens with zero attached hydrogens (tertiary/aromatic N) is 4. The van der Waals surface area contributed by atoms with E-state index in [0.29, 0.717) is 49.2 Å². The summed E-state index contributed by atoms with van der Waals surface area (Å²) in [5.41, 5.74) is 5.17. The van der Waals surface area contributed by atoms with Gasteiger partial charge in [0.1, 0.15) is 0 Å². The van der Waals surface area contributed by atoms with E-state index in [9.17, 15) is 4.79 Å². The third-order valence-electron chi connectivity index (χ3n) is 11.9. The number of amides is 2. The van der Waals surface area contributed by atoms with E-state index in [1.54, 1.807) is 28.4 Å². The smallest absolute Gasteiger partial charge is 0.227 e. The van der Waals surface area contributed by atoms with E-state index in [1.165, 1.54) is 11.1 Å². The monoisotopic (exact) mass is 784 g/mol. The summed E-state index contributed by atoms with van der Waals surface area (Å²) in [5.74, 6) is 1.19. The van der Waals surface area contributed by atoms with Crippen molar-refractivity contribution in [2.75, 3.05) is 93.9 Å². The van der Waals surface area contributed by atoms with Gasteiger partial charge in [-0.2, -0.15) is 0 Å². The van der Waals surface area contributed by atoms with Crippen molar-refractivity contribution in [3.05, 3.63) is 131 Å². The van der Waals surface area contributed by atoms with Crippen molar-refractivity contribution in [2.24, 2.45) is 5.92 Å². The second-order valence-electron chi connectivity index (χ2n) is 15.2. The van der Waals surface area contributed by atoms with Crippen molar-refractivity contribution in [3.8, 4) is 23.0 Å². The first-order valence-corrected chi connectivity index (χ1v) is 20.3. The lowest BCUT2D eigenvalue weighted by Gasteiger charge is -2.38. The summed E-state index contributed by atoms with van der Waals surface area (Å²) in [5, 5.41) is 0. The fourth-order valence-electron chi connectivity index (χ4n) is 8.77. The summed E-state index contributed by atoms with van der Waals surface area (Å²) in [7, 11) is 6.48. The molecule has 1 aliphatic carbocycles. The average Bonchev–Trinajstić information content (AvgIpc) is 3.58. The molecule has 0 radical (unpaired) electrons. The third-order valence-corrected chi connectivity index (χ3v) is 11.9. The van der Waals surface area contributed by atoms with Crippen LogP contribution in [0.1, 0.15) is 46.1 Å². The van der Waals surface area contributed by atoms with Gasteiger partial charge in [-0.25, -0.2) is 0 Å². The van der Waals surface area contributed by atoms with Crippen LogP contribution in [-0.4, -0.2) is 125 Å². The molecule has 10 nitrogen and oxygen atoms in total. The molecule has 4 aromatic rings. The highest BCUT2D eigenvalue weighted by molar-refractivity contribution is 5.86. The number of carbonyl (C=O) groups is 2. The summed E-state index contributed by atoms with van der Waals surface area (Å²) in [4.78, 5) is 38.4. The van der Waals surface area contributed by atoms with Crippen LogP contribution in [0.5, 0.6) is 23.0 Å². The highest BCUT2D eigenvalue weighted by Crippen LogP contribution is 2.55. The summed E-state index contributed by atoms with van der Waals surface area (Å²) < 4.78 is 23.0. The Morgan fingerprint density at radius 1 is 0.569 bits per heavy atom. The summed E-state index contributed by atoms with van der Waals surface area (Å²) in [6.45, 7) is 7.25. The molecule has 3 unspecified atom stereocenters. The Hall–Kier alpha value is -5.58. The molecule has 0 aromatic heterocycles. The van der Waals surface area contributed by atoms with Crippen molar-refractivity contribution in [1.29, 1.82) is 0 Å². The van der Waals surface area contributed by atoms with Crippen molar-refractivity contribution in [2.45, 2.75) is 18.3 Å². The summed E-state index contributed by atoms with van der Waals surface area (Å²) >= 11 is 0. The molecule has 2 aliphatic heterocycles. The Bertz CT molecular complexity index is 2060. The van der Waals surface area contributed by atoms with Gasteiger partial charge < -0.3 is 28.7 Å². The quantitative estimate of drug-likeness (QED) is 0.140. The van der Waals surface area contributed by atoms with E-state index in [2.05, 4.69) is 58.4 Å². The highest BCUT2D eigenvalue weighted by atomic mass is 16.5. The number of benzene rings is 4. The first-order chi connectivity index (χ1) is 28.4. The van der Waals surface area contributed by atoms with Gasteiger partial charge in [-0.1, -0.05) is 91.0 Å². The van der Waals surface area contributed by atoms with Crippen LogP contribution in [0.3, 0.4) is 0 Å². The molecule has 10 heteroatoms. The van der Waals surface area contributed by atoms with Gasteiger partial charge in [0.15, 0.2) is 23.0 Å². The Labute approximate surface area is 343 Å². The van der Waals surface area contributed by atoms with Gasteiger partial charge in [-0.3, -0.25) is 19.4 Å². The summed E-state index contributed by atoms with van der Waals surface area (Å²) in [6, 6.07) is 30.5. The van der Waals surface area contributed by atoms with E-state index < -0.39 is 5.92 Å². The first-order valence-electron chi connectivity index (χ1n) is 20.3. The topological polar surface area (TPSA) is 84.0 Å². The fraction of sp³-hybridized carbons (Fsp3) is 0.375. The van der Waals surface area contributed by atoms with Crippen LogP contribution in [0.2, 0.25) is 0 Å². The van der Waals surface area contributed by atoms with Crippen molar-refractivity contribution in [3.63, 3.8) is 0 Å². The van der Waals surface area contributed by atoms with Crippen LogP contribution in [0.25, 0.3) is 12.2 Å². The van der Waals surface area contributed by atoms with Crippen LogP contribution >= 0.6 is 0 Å². The van der Waals surface area contributed by atoms with Gasteiger partial charge in [0.2, 0.25) is 11.8 Å². The Kier molecular flexibility index (Phi) is 13.5. The van der Waals surface area contributed by atoms with Crippen LogP contribution in [-0.2, 0) is 9.59 Å². The Morgan fingerprint density at radius 3 is 1.57 bits per heavy atom. The molecular formula is C48H56N4O6. The van der Waals surface area contributed by atoms with E-state index >= 15 is 4.79 Å². The molecule has 2 fully saturated rings. The van der Waals surface area contributed by atoms with Crippen molar-refractivity contribution >= 4 is 24.0 Å². The second-order valence-corrected chi connectivity index (χ2v) is 15.2. The molecule has 0 bridgehead atoms. The number of ether oxygens (including phenoxy) is 4. The molecule has 3 atom stereocenters. The zero-order valence-electron chi connectivity index (χ0n) is 34.2. The minimum absolute atomic E-state index is 0.0567. The molecule has 3 aliphatic rings. The molecule has 0 N–H and O–H groups in total. The van der Waals surface area contributed by atoms with Gasteiger partial charge in [-0.05, 0) is 52.1 Å². The number of piperazine rings is 2. The second kappa shape index (κ2) is 19.2. The maximum absolute atomic E-state index is 15.2. The number of fused-ring (bicyclic) bond motifs is 1. The van der Waals surface area contributed by atoms with Gasteiger partial charge in [0.25, 0.3) is 0 Å². The zero-order valence-corrected chi connectivity index (χ0v) is 34.2. The van der Waals surface area contributed by atoms with Crippen LogP contribution < -0.4 is 18.9 Å². The van der Waals surface area contributed by atoms with Gasteiger partial charge in [0.05, 0.1) is 34.4 Å². The van der Waals surface area contributed by atoms with Crippen LogP contribution in [0, 0.1) is 5.92 Å². The molecule has 0 spiro atoms. The van der Waals surface area contributed by atoms with E-state index in [1.807, 2.05) is 76.5 Å². The van der Waals surface area contributed by atoms with Crippen LogP contribution in [0.4, 0.5) is 0 Å². The average molecular weight is 785 g/mol. The molecule has 304 valence electrons. The fourth-order valence-corrected chi connectivity index (χ4v) is 8.77. The number of methoxy groups -OCH3 is 4. The molecular weight excluding hydrogens is 729 g/mol. The third kappa shape index (κ3) is 9.24. The lowest BCUT2D eigenvalue weighted by atomic mass is 9.79. The Morgan fingerprint density at radius 2 is 1.05 bits per heavy atom. The SMILES string of the molecule is COc1ccc(C2c3cc(OC)c(OC)cc3C(CC(=O)N3CCN(C/C=C/c4ccccc4)CC3)C2C(=O)N2CCN(C/C=C/c3ccccc3)CC2)cc1OC. The van der Waals surface area contributed by atoms with Crippen LogP contribution in [0.15, 0.2) is 103 Å². The number of hydrogen-bond acceptors (Lipinski definition) is 8. The largest absolute Gasteiger partial charge is 0.493 e. The molecule has 58 heavy (non-hydrogen) atoms. The maximum Gasteiger partial charge on any atom is 0.227 e. The molecule has 4 aromatic carbocycles. The van der Waals surface area contributed by atoms with Gasteiger partial charge in [-0.15, -0.1) is 0 Å². The number of rotatable bonds is 14. The predicted octanol–water partition coefficient (Wildman–Crippen LogP) is 6.67. The van der Waals surface area contributed by atoms with E-state index in [0.717, 1.165) is 56.0 Å².